The van der Waals surface area contributed by atoms with Crippen molar-refractivity contribution in [1.29, 1.82) is 0 Å². The number of likely N-dealkylation sites (N-methyl/N-ethyl adjacent to an activating group) is 1. The number of anilines is 1. The molecule has 0 spiro atoms. The van der Waals surface area contributed by atoms with Crippen molar-refractivity contribution in [1.82, 2.24) is 35.3 Å². The number of likely N-dealkylation sites (tertiary alicyclic amines) is 1. The van der Waals surface area contributed by atoms with Crippen LogP contribution in [0.5, 0.6) is 0 Å². The maximum Gasteiger partial charge on any atom is 0.320 e. The van der Waals surface area contributed by atoms with E-state index in [4.69, 9.17) is 14.7 Å². The van der Waals surface area contributed by atoms with Gasteiger partial charge >= 0.3 is 6.03 Å². The molecule has 3 N–H and O–H groups in total. The molecule has 5 rings (SSSR count). The van der Waals surface area contributed by atoms with E-state index in [1.807, 2.05) is 57.5 Å². The number of hydroxylamine groups is 1. The number of urea groups is 1. The summed E-state index contributed by atoms with van der Waals surface area (Å²) >= 11 is 0. The lowest BCUT2D eigenvalue weighted by Gasteiger charge is -2.32. The Kier molecular flexibility index (Phi) is 9.69. The number of carbonyl (C=O) groups is 1. The molecule has 2 aromatic carbocycles. The van der Waals surface area contributed by atoms with Crippen molar-refractivity contribution in [2.24, 2.45) is 13.0 Å². The topological polar surface area (TPSA) is 110 Å². The summed E-state index contributed by atoms with van der Waals surface area (Å²) in [4.78, 5) is 20.9. The van der Waals surface area contributed by atoms with Crippen LogP contribution >= 0.6 is 0 Å². The SMILES string of the molecule is COCC(CNOC)[C@@H]1C[C@@H](NC(=O)Nc2c(C)c(-c3cnn(C)c3)nn2-c2ccccc2)[C@H](c2ccc(F)c(F)c2)N1C. The Morgan fingerprint density at radius 2 is 1.89 bits per heavy atom. The van der Waals surface area contributed by atoms with Gasteiger partial charge in [-0.3, -0.25) is 14.9 Å². The van der Waals surface area contributed by atoms with Gasteiger partial charge in [-0.05, 0) is 50.2 Å². The first-order valence-corrected chi connectivity index (χ1v) is 14.3. The Morgan fingerprint density at radius 3 is 2.55 bits per heavy atom. The van der Waals surface area contributed by atoms with Crippen LogP contribution in [0, 0.1) is 24.5 Å². The number of carbonyl (C=O) groups excluding carboxylic acids is 1. The second-order valence-corrected chi connectivity index (χ2v) is 11.0. The maximum absolute atomic E-state index is 14.4. The second-order valence-electron chi connectivity index (χ2n) is 11.0. The zero-order valence-electron chi connectivity index (χ0n) is 25.4. The smallest absolute Gasteiger partial charge is 0.320 e. The van der Waals surface area contributed by atoms with Gasteiger partial charge < -0.3 is 14.9 Å². The van der Waals surface area contributed by atoms with E-state index in [1.165, 1.54) is 6.07 Å². The number of aromatic nitrogens is 4. The molecule has 0 saturated carbocycles. The molecule has 0 aliphatic carbocycles. The lowest BCUT2D eigenvalue weighted by molar-refractivity contribution is 0.0359. The van der Waals surface area contributed by atoms with Gasteiger partial charge in [0.05, 0.1) is 37.7 Å². The Bertz CT molecular complexity index is 1580. The Morgan fingerprint density at radius 1 is 1.11 bits per heavy atom. The summed E-state index contributed by atoms with van der Waals surface area (Å²) in [6, 6.07) is 12.0. The van der Waals surface area contributed by atoms with Crippen molar-refractivity contribution >= 4 is 11.8 Å². The van der Waals surface area contributed by atoms with E-state index in [0.717, 1.165) is 22.9 Å². The van der Waals surface area contributed by atoms with Gasteiger partial charge in [0.15, 0.2) is 11.6 Å². The number of nitrogens with zero attached hydrogens (tertiary/aromatic N) is 5. The molecule has 4 atom stereocenters. The van der Waals surface area contributed by atoms with Gasteiger partial charge in [0.25, 0.3) is 0 Å². The molecule has 2 amide bonds. The molecule has 234 valence electrons. The molecule has 1 fully saturated rings. The Hall–Kier alpha value is -4.17. The van der Waals surface area contributed by atoms with Gasteiger partial charge in [-0.25, -0.2) is 23.7 Å². The average molecular weight is 609 g/mol. The number of halogens is 2. The predicted octanol–water partition coefficient (Wildman–Crippen LogP) is 4.21. The van der Waals surface area contributed by atoms with Gasteiger partial charge in [0.2, 0.25) is 0 Å². The highest BCUT2D eigenvalue weighted by Gasteiger charge is 2.44. The predicted molar refractivity (Wildman–Crippen MR) is 162 cm³/mol. The lowest BCUT2D eigenvalue weighted by atomic mass is 9.96. The summed E-state index contributed by atoms with van der Waals surface area (Å²) in [5.41, 5.74) is 6.50. The normalized spacial score (nSPS) is 19.3. The Balaban J connectivity index is 1.46. The van der Waals surface area contributed by atoms with Crippen molar-refractivity contribution in [2.75, 3.05) is 39.7 Å². The van der Waals surface area contributed by atoms with Crippen LogP contribution in [0.2, 0.25) is 0 Å². The molecule has 2 aromatic heterocycles. The van der Waals surface area contributed by atoms with Crippen LogP contribution in [0.15, 0.2) is 60.9 Å². The zero-order chi connectivity index (χ0) is 31.4. The minimum atomic E-state index is -0.942. The van der Waals surface area contributed by atoms with E-state index < -0.39 is 29.7 Å². The highest BCUT2D eigenvalue weighted by atomic mass is 19.2. The monoisotopic (exact) mass is 608 g/mol. The number of ether oxygens (including phenoxy) is 1. The standard InChI is InChI=1S/C31H38F2N8O3/c1-19-28(21-15-34-39(2)17-21)38-41(23-9-7-6-8-10-23)30(19)37-31(42)36-26-14-27(22(18-43-4)16-35-44-5)40(3)29(26)20-11-12-24(32)25(33)13-20/h6-13,15,17,22,26-27,29,35H,14,16,18H2,1-5H3,(H2,36,37,42)/t22?,26-,27+,29+/m1/s1. The van der Waals surface area contributed by atoms with Gasteiger partial charge in [-0.1, -0.05) is 24.3 Å². The number of amides is 2. The fraction of sp³-hybridized carbons (Fsp3) is 0.387. The van der Waals surface area contributed by atoms with E-state index in [1.54, 1.807) is 35.8 Å². The van der Waals surface area contributed by atoms with Gasteiger partial charge in [-0.2, -0.15) is 10.2 Å². The number of rotatable bonds is 11. The summed E-state index contributed by atoms with van der Waals surface area (Å²) in [5, 5.41) is 15.3. The van der Waals surface area contributed by atoms with E-state index in [-0.39, 0.29) is 12.0 Å². The van der Waals surface area contributed by atoms with E-state index >= 15 is 0 Å². The summed E-state index contributed by atoms with van der Waals surface area (Å²) in [6.45, 7) is 2.82. The van der Waals surface area contributed by atoms with Crippen molar-refractivity contribution in [2.45, 2.75) is 31.5 Å². The van der Waals surface area contributed by atoms with Crippen molar-refractivity contribution < 1.29 is 23.1 Å². The zero-order valence-corrected chi connectivity index (χ0v) is 25.4. The summed E-state index contributed by atoms with van der Waals surface area (Å²) in [6.07, 6.45) is 4.12. The van der Waals surface area contributed by atoms with Crippen LogP contribution < -0.4 is 16.1 Å². The molecule has 1 saturated heterocycles. The molecule has 1 aliphatic rings. The average Bonchev–Trinajstić information content (AvgIpc) is 3.68. The van der Waals surface area contributed by atoms with Crippen LogP contribution in [0.1, 0.15) is 23.6 Å². The van der Waals surface area contributed by atoms with Crippen molar-refractivity contribution in [3.05, 3.63) is 83.7 Å². The largest absolute Gasteiger partial charge is 0.384 e. The molecule has 44 heavy (non-hydrogen) atoms. The van der Waals surface area contributed by atoms with Gasteiger partial charge in [-0.15, -0.1) is 0 Å². The minimum Gasteiger partial charge on any atom is -0.384 e. The summed E-state index contributed by atoms with van der Waals surface area (Å²) in [7, 11) is 6.92. The summed E-state index contributed by atoms with van der Waals surface area (Å²) in [5.74, 6) is -1.39. The van der Waals surface area contributed by atoms with Crippen LogP contribution in [0.3, 0.4) is 0 Å². The fourth-order valence-electron chi connectivity index (χ4n) is 6.11. The quantitative estimate of drug-likeness (QED) is 0.219. The third kappa shape index (κ3) is 6.50. The van der Waals surface area contributed by atoms with Crippen LogP contribution in [-0.4, -0.2) is 77.0 Å². The number of para-hydroxylation sites is 1. The first-order chi connectivity index (χ1) is 21.2. The maximum atomic E-state index is 14.4. The molecule has 13 heteroatoms. The van der Waals surface area contributed by atoms with Gasteiger partial charge in [0.1, 0.15) is 11.5 Å². The van der Waals surface area contributed by atoms with E-state index in [9.17, 15) is 13.6 Å². The molecule has 1 aliphatic heterocycles. The number of methoxy groups -OCH3 is 1. The number of hydrogen-bond acceptors (Lipinski definition) is 7. The van der Waals surface area contributed by atoms with E-state index in [2.05, 4.69) is 26.1 Å². The van der Waals surface area contributed by atoms with Gasteiger partial charge in [0, 0.05) is 50.0 Å². The van der Waals surface area contributed by atoms with Crippen molar-refractivity contribution in [3.8, 4) is 16.9 Å². The van der Waals surface area contributed by atoms with Crippen molar-refractivity contribution in [3.63, 3.8) is 0 Å². The molecule has 0 radical (unpaired) electrons. The first kappa shape index (κ1) is 31.3. The van der Waals surface area contributed by atoms with Crippen LogP contribution in [-0.2, 0) is 16.6 Å². The second kappa shape index (κ2) is 13.6. The molecular weight excluding hydrogens is 570 g/mol. The molecule has 1 unspecified atom stereocenters. The minimum absolute atomic E-state index is 0.0172. The number of hydrogen-bond donors (Lipinski definition) is 3. The Labute approximate surface area is 255 Å². The third-order valence-electron chi connectivity index (χ3n) is 8.19. The van der Waals surface area contributed by atoms with E-state index in [0.29, 0.717) is 36.6 Å². The first-order valence-electron chi connectivity index (χ1n) is 14.3. The number of nitrogens with one attached hydrogen (secondary N) is 3. The van der Waals surface area contributed by atoms with Crippen LogP contribution in [0.25, 0.3) is 16.9 Å². The molecule has 3 heterocycles. The molecule has 0 bridgehead atoms. The molecule has 4 aromatic rings. The molecular formula is C31H38F2N8O3. The highest BCUT2D eigenvalue weighted by Crippen LogP contribution is 2.39. The van der Waals surface area contributed by atoms with Crippen LogP contribution in [0.4, 0.5) is 19.4 Å². The fourth-order valence-corrected chi connectivity index (χ4v) is 6.11. The molecule has 11 nitrogen and oxygen atoms in total. The highest BCUT2D eigenvalue weighted by molar-refractivity contribution is 5.91. The third-order valence-corrected chi connectivity index (χ3v) is 8.19. The summed E-state index contributed by atoms with van der Waals surface area (Å²) < 4.78 is 37.2. The number of aryl methyl sites for hydroxylation is 1. The number of benzene rings is 2. The lowest BCUT2D eigenvalue weighted by Crippen LogP contribution is -2.42.